The lowest BCUT2D eigenvalue weighted by atomic mass is 10.1. The highest BCUT2D eigenvalue weighted by Crippen LogP contribution is 2.15. The van der Waals surface area contributed by atoms with E-state index < -0.39 is 0 Å². The highest BCUT2D eigenvalue weighted by atomic mass is 35.5. The van der Waals surface area contributed by atoms with Gasteiger partial charge in [-0.15, -0.1) is 23.7 Å². The molecule has 0 aliphatic heterocycles. The Kier molecular flexibility index (Phi) is 8.22. The van der Waals surface area contributed by atoms with E-state index >= 15 is 0 Å². The summed E-state index contributed by atoms with van der Waals surface area (Å²) in [5, 5.41) is 2.78. The zero-order valence-electron chi connectivity index (χ0n) is 12.0. The molecule has 1 rings (SSSR count). The topological polar surface area (TPSA) is 59.2 Å². The van der Waals surface area contributed by atoms with Crippen LogP contribution < -0.4 is 5.73 Å². The summed E-state index contributed by atoms with van der Waals surface area (Å²) < 4.78 is 0. The van der Waals surface area contributed by atoms with Crippen LogP contribution in [0.25, 0.3) is 0 Å². The number of nitrogens with zero attached hydrogens (tertiary/aromatic N) is 2. The Hall–Kier alpha value is -0.650. The van der Waals surface area contributed by atoms with Gasteiger partial charge in [-0.25, -0.2) is 4.98 Å². The summed E-state index contributed by atoms with van der Waals surface area (Å²) in [6.07, 6.45) is 0.740. The minimum absolute atomic E-state index is 0. The zero-order valence-corrected chi connectivity index (χ0v) is 13.7. The lowest BCUT2D eigenvalue weighted by Gasteiger charge is -2.27. The van der Waals surface area contributed by atoms with Crippen LogP contribution in [0.1, 0.15) is 43.2 Å². The van der Waals surface area contributed by atoms with E-state index in [0.29, 0.717) is 18.2 Å². The fourth-order valence-corrected chi connectivity index (χ4v) is 2.50. The van der Waals surface area contributed by atoms with Gasteiger partial charge in [0, 0.05) is 24.4 Å². The highest BCUT2D eigenvalue weighted by Gasteiger charge is 2.21. The first kappa shape index (κ1) is 18.4. The van der Waals surface area contributed by atoms with Crippen LogP contribution in [-0.2, 0) is 6.42 Å². The van der Waals surface area contributed by atoms with Gasteiger partial charge in [0.2, 0.25) is 0 Å². The molecule has 6 heteroatoms. The second-order valence-corrected chi connectivity index (χ2v) is 6.05. The van der Waals surface area contributed by atoms with Crippen molar-refractivity contribution in [3.63, 3.8) is 0 Å². The number of carbonyl (C=O) groups excluding carboxylic acids is 1. The smallest absolute Gasteiger partial charge is 0.273 e. The quantitative estimate of drug-likeness (QED) is 0.879. The van der Waals surface area contributed by atoms with Crippen molar-refractivity contribution >= 4 is 29.7 Å². The molecule has 1 aromatic rings. The van der Waals surface area contributed by atoms with Crippen molar-refractivity contribution in [2.24, 2.45) is 11.7 Å². The molecule has 0 fully saturated rings. The Bertz CT molecular complexity index is 393. The van der Waals surface area contributed by atoms with Crippen molar-refractivity contribution in [2.75, 3.05) is 13.1 Å². The first-order valence-electron chi connectivity index (χ1n) is 6.41. The molecule has 0 radical (unpaired) electrons. The number of hydrogen-bond acceptors (Lipinski definition) is 4. The lowest BCUT2D eigenvalue weighted by Crippen LogP contribution is -2.39. The number of hydrogen-bond donors (Lipinski definition) is 1. The van der Waals surface area contributed by atoms with Crippen molar-refractivity contribution in [1.82, 2.24) is 9.88 Å². The molecule has 1 aromatic heterocycles. The molecule has 19 heavy (non-hydrogen) atoms. The second-order valence-electron chi connectivity index (χ2n) is 5.11. The number of halogens is 1. The van der Waals surface area contributed by atoms with Gasteiger partial charge in [-0.2, -0.15) is 0 Å². The summed E-state index contributed by atoms with van der Waals surface area (Å²) in [5.74, 6) is 0.483. The fraction of sp³-hybridized carbons (Fsp3) is 0.692. The van der Waals surface area contributed by atoms with Crippen LogP contribution in [0.5, 0.6) is 0 Å². The summed E-state index contributed by atoms with van der Waals surface area (Å²) in [6, 6.07) is 0.194. The van der Waals surface area contributed by atoms with Crippen LogP contribution in [0.15, 0.2) is 5.38 Å². The molecule has 4 nitrogen and oxygen atoms in total. The molecule has 0 atom stereocenters. The van der Waals surface area contributed by atoms with Gasteiger partial charge in [0.15, 0.2) is 0 Å². The van der Waals surface area contributed by atoms with Gasteiger partial charge in [-0.3, -0.25) is 4.79 Å². The molecule has 1 amide bonds. The van der Waals surface area contributed by atoms with Gasteiger partial charge in [0.1, 0.15) is 5.69 Å². The first-order chi connectivity index (χ1) is 8.45. The summed E-state index contributed by atoms with van der Waals surface area (Å²) >= 11 is 1.51. The number of amides is 1. The van der Waals surface area contributed by atoms with E-state index in [0.717, 1.165) is 18.0 Å². The summed E-state index contributed by atoms with van der Waals surface area (Å²) in [6.45, 7) is 9.63. The standard InChI is InChI=1S/C13H23N3OS.ClH/c1-9(2)7-16(10(3)4)13(17)11-8-18-12(15-11)5-6-14;/h8-10H,5-7,14H2,1-4H3;1H. The van der Waals surface area contributed by atoms with E-state index in [9.17, 15) is 4.79 Å². The fourth-order valence-electron chi connectivity index (χ4n) is 1.72. The van der Waals surface area contributed by atoms with Gasteiger partial charge in [0.25, 0.3) is 5.91 Å². The van der Waals surface area contributed by atoms with E-state index in [-0.39, 0.29) is 24.4 Å². The number of thiazole rings is 1. The molecular weight excluding hydrogens is 282 g/mol. The van der Waals surface area contributed by atoms with Crippen molar-refractivity contribution < 1.29 is 4.79 Å². The Morgan fingerprint density at radius 2 is 2.05 bits per heavy atom. The molecule has 0 aliphatic rings. The third-order valence-corrected chi connectivity index (χ3v) is 3.48. The first-order valence-corrected chi connectivity index (χ1v) is 7.29. The molecule has 0 aromatic carbocycles. The van der Waals surface area contributed by atoms with Crippen LogP contribution in [-0.4, -0.2) is 34.9 Å². The van der Waals surface area contributed by atoms with E-state index in [1.807, 2.05) is 24.1 Å². The molecular formula is C13H24ClN3OS. The van der Waals surface area contributed by atoms with Gasteiger partial charge in [-0.1, -0.05) is 13.8 Å². The van der Waals surface area contributed by atoms with Crippen molar-refractivity contribution in [3.05, 3.63) is 16.1 Å². The van der Waals surface area contributed by atoms with Crippen LogP contribution in [0.2, 0.25) is 0 Å². The van der Waals surface area contributed by atoms with Crippen LogP contribution in [0, 0.1) is 5.92 Å². The van der Waals surface area contributed by atoms with Crippen LogP contribution >= 0.6 is 23.7 Å². The van der Waals surface area contributed by atoms with Gasteiger partial charge in [-0.05, 0) is 26.3 Å². The summed E-state index contributed by atoms with van der Waals surface area (Å²) in [4.78, 5) is 18.6. The second kappa shape index (κ2) is 8.51. The average molecular weight is 306 g/mol. The predicted molar refractivity (Wildman–Crippen MR) is 83.1 cm³/mol. The maximum Gasteiger partial charge on any atom is 0.273 e. The number of rotatable bonds is 6. The van der Waals surface area contributed by atoms with Crippen molar-refractivity contribution in [1.29, 1.82) is 0 Å². The molecule has 0 saturated heterocycles. The zero-order chi connectivity index (χ0) is 13.7. The Balaban J connectivity index is 0.00000324. The molecule has 0 saturated carbocycles. The maximum absolute atomic E-state index is 12.4. The average Bonchev–Trinajstić information content (AvgIpc) is 2.73. The Morgan fingerprint density at radius 3 is 2.53 bits per heavy atom. The summed E-state index contributed by atoms with van der Waals surface area (Å²) in [5.41, 5.74) is 6.04. The molecule has 110 valence electrons. The molecule has 0 spiro atoms. The molecule has 0 unspecified atom stereocenters. The third kappa shape index (κ3) is 5.47. The molecule has 0 aliphatic carbocycles. The minimum Gasteiger partial charge on any atom is -0.335 e. The normalized spacial score (nSPS) is 10.7. The number of carbonyl (C=O) groups is 1. The van der Waals surface area contributed by atoms with E-state index in [1.165, 1.54) is 11.3 Å². The molecule has 0 bridgehead atoms. The Labute approximate surface area is 125 Å². The SMILES string of the molecule is CC(C)CN(C(=O)c1csc(CCN)n1)C(C)C.Cl. The maximum atomic E-state index is 12.4. The highest BCUT2D eigenvalue weighted by molar-refractivity contribution is 7.09. The van der Waals surface area contributed by atoms with Crippen LogP contribution in [0.3, 0.4) is 0 Å². The van der Waals surface area contributed by atoms with E-state index in [1.54, 1.807) is 0 Å². The largest absolute Gasteiger partial charge is 0.335 e. The third-order valence-electron chi connectivity index (χ3n) is 2.58. The lowest BCUT2D eigenvalue weighted by molar-refractivity contribution is 0.0676. The Morgan fingerprint density at radius 1 is 1.42 bits per heavy atom. The summed E-state index contributed by atoms with van der Waals surface area (Å²) in [7, 11) is 0. The minimum atomic E-state index is 0. The monoisotopic (exact) mass is 305 g/mol. The van der Waals surface area contributed by atoms with E-state index in [2.05, 4.69) is 18.8 Å². The predicted octanol–water partition coefficient (Wildman–Crippen LogP) is 2.57. The molecule has 1 heterocycles. The van der Waals surface area contributed by atoms with Gasteiger partial charge >= 0.3 is 0 Å². The van der Waals surface area contributed by atoms with E-state index in [4.69, 9.17) is 5.73 Å². The number of aromatic nitrogens is 1. The number of nitrogens with two attached hydrogens (primary N) is 1. The van der Waals surface area contributed by atoms with Crippen molar-refractivity contribution in [3.8, 4) is 0 Å². The van der Waals surface area contributed by atoms with Crippen molar-refractivity contribution in [2.45, 2.75) is 40.2 Å². The van der Waals surface area contributed by atoms with Gasteiger partial charge in [0.05, 0.1) is 5.01 Å². The van der Waals surface area contributed by atoms with Crippen LogP contribution in [0.4, 0.5) is 0 Å². The van der Waals surface area contributed by atoms with Gasteiger partial charge < -0.3 is 10.6 Å². The molecule has 2 N–H and O–H groups in total.